The van der Waals surface area contributed by atoms with Crippen LogP contribution in [0.5, 0.6) is 11.5 Å². The van der Waals surface area contributed by atoms with Crippen LogP contribution in [0.2, 0.25) is 5.02 Å². The van der Waals surface area contributed by atoms with Gasteiger partial charge in [0.25, 0.3) is 11.8 Å². The second-order valence-corrected chi connectivity index (χ2v) is 7.62. The summed E-state index contributed by atoms with van der Waals surface area (Å²) in [5, 5.41) is 4.03. The van der Waals surface area contributed by atoms with Crippen LogP contribution in [0.1, 0.15) is 10.4 Å². The Bertz CT molecular complexity index is 1320. The zero-order valence-electron chi connectivity index (χ0n) is 17.7. The van der Waals surface area contributed by atoms with E-state index in [4.69, 9.17) is 31.8 Å². The van der Waals surface area contributed by atoms with Crippen LogP contribution in [0.25, 0.3) is 22.2 Å². The Morgan fingerprint density at radius 2 is 1.73 bits per heavy atom. The fourth-order valence-electron chi connectivity index (χ4n) is 3.26. The van der Waals surface area contributed by atoms with Crippen molar-refractivity contribution < 1.29 is 19.1 Å². The maximum absolute atomic E-state index is 12.6. The molecule has 3 aromatic carbocycles. The lowest BCUT2D eigenvalue weighted by molar-refractivity contribution is -0.119. The van der Waals surface area contributed by atoms with Crippen LogP contribution >= 0.6 is 11.6 Å². The van der Waals surface area contributed by atoms with Gasteiger partial charge in [-0.1, -0.05) is 11.6 Å². The number of aromatic nitrogens is 1. The van der Waals surface area contributed by atoms with Crippen LogP contribution in [0.3, 0.4) is 0 Å². The number of halogens is 1. The SMILES string of the molecule is COc1ccc(-c2cc(OCC(N)=O)c3cc(NC(=O)c4ccc(Cl)cc4)ccc3n2)cc1. The van der Waals surface area contributed by atoms with Gasteiger partial charge in [-0.15, -0.1) is 0 Å². The Hall–Kier alpha value is -4.10. The highest BCUT2D eigenvalue weighted by Crippen LogP contribution is 2.32. The normalized spacial score (nSPS) is 10.6. The summed E-state index contributed by atoms with van der Waals surface area (Å²) in [5.74, 6) is 0.268. The lowest BCUT2D eigenvalue weighted by Gasteiger charge is -2.13. The van der Waals surface area contributed by atoms with Gasteiger partial charge in [-0.05, 0) is 66.7 Å². The Kier molecular flexibility index (Phi) is 6.42. The average Bonchev–Trinajstić information content (AvgIpc) is 2.82. The van der Waals surface area contributed by atoms with Crippen LogP contribution in [-0.4, -0.2) is 30.5 Å². The van der Waals surface area contributed by atoms with E-state index in [-0.39, 0.29) is 12.5 Å². The first-order chi connectivity index (χ1) is 15.9. The fraction of sp³-hybridized carbons (Fsp3) is 0.0800. The summed E-state index contributed by atoms with van der Waals surface area (Å²) in [6.45, 7) is -0.289. The first kappa shape index (κ1) is 22.1. The van der Waals surface area contributed by atoms with Crippen molar-refractivity contribution >= 4 is 40.0 Å². The number of primary amides is 1. The highest BCUT2D eigenvalue weighted by Gasteiger charge is 2.13. The number of nitrogens with zero attached hydrogens (tertiary/aromatic N) is 1. The van der Waals surface area contributed by atoms with Gasteiger partial charge in [-0.2, -0.15) is 0 Å². The van der Waals surface area contributed by atoms with Crippen LogP contribution < -0.4 is 20.5 Å². The van der Waals surface area contributed by atoms with Crippen molar-refractivity contribution in [2.75, 3.05) is 19.0 Å². The van der Waals surface area contributed by atoms with Crippen molar-refractivity contribution in [3.05, 3.63) is 83.4 Å². The number of anilines is 1. The van der Waals surface area contributed by atoms with Gasteiger partial charge >= 0.3 is 0 Å². The van der Waals surface area contributed by atoms with Crippen molar-refractivity contribution in [2.24, 2.45) is 5.73 Å². The molecule has 0 aliphatic heterocycles. The maximum atomic E-state index is 12.6. The molecule has 8 heteroatoms. The Labute approximate surface area is 195 Å². The first-order valence-electron chi connectivity index (χ1n) is 10.00. The molecule has 0 aliphatic carbocycles. The van der Waals surface area contributed by atoms with Crippen LogP contribution in [0.4, 0.5) is 5.69 Å². The minimum atomic E-state index is -0.599. The summed E-state index contributed by atoms with van der Waals surface area (Å²) in [4.78, 5) is 28.6. The summed E-state index contributed by atoms with van der Waals surface area (Å²) >= 11 is 5.89. The number of fused-ring (bicyclic) bond motifs is 1. The lowest BCUT2D eigenvalue weighted by Crippen LogP contribution is -2.20. The van der Waals surface area contributed by atoms with E-state index < -0.39 is 5.91 Å². The number of hydrogen-bond donors (Lipinski definition) is 2. The van der Waals surface area contributed by atoms with Crippen molar-refractivity contribution in [1.29, 1.82) is 0 Å². The van der Waals surface area contributed by atoms with Crippen LogP contribution in [-0.2, 0) is 4.79 Å². The van der Waals surface area contributed by atoms with Crippen molar-refractivity contribution in [3.63, 3.8) is 0 Å². The molecule has 33 heavy (non-hydrogen) atoms. The van der Waals surface area contributed by atoms with Crippen molar-refractivity contribution in [1.82, 2.24) is 4.98 Å². The topological polar surface area (TPSA) is 104 Å². The lowest BCUT2D eigenvalue weighted by atomic mass is 10.1. The molecule has 0 saturated carbocycles. The molecule has 1 heterocycles. The Balaban J connectivity index is 1.70. The van der Waals surface area contributed by atoms with E-state index in [1.807, 2.05) is 24.3 Å². The predicted molar refractivity (Wildman–Crippen MR) is 128 cm³/mol. The highest BCUT2D eigenvalue weighted by atomic mass is 35.5. The van der Waals surface area contributed by atoms with Gasteiger partial charge in [0.15, 0.2) is 6.61 Å². The number of amides is 2. The van der Waals surface area contributed by atoms with Gasteiger partial charge in [-0.3, -0.25) is 9.59 Å². The van der Waals surface area contributed by atoms with Gasteiger partial charge in [0, 0.05) is 33.3 Å². The van der Waals surface area contributed by atoms with Crippen LogP contribution in [0, 0.1) is 0 Å². The number of carbonyl (C=O) groups excluding carboxylic acids is 2. The van der Waals surface area contributed by atoms with Gasteiger partial charge in [0.05, 0.1) is 18.3 Å². The number of pyridine rings is 1. The van der Waals surface area contributed by atoms with Gasteiger partial charge in [-0.25, -0.2) is 4.98 Å². The van der Waals surface area contributed by atoms with Gasteiger partial charge in [0.2, 0.25) is 0 Å². The van der Waals surface area contributed by atoms with Crippen LogP contribution in [0.15, 0.2) is 72.8 Å². The zero-order valence-corrected chi connectivity index (χ0v) is 18.4. The molecular weight excluding hydrogens is 442 g/mol. The van der Waals surface area contributed by atoms with Crippen molar-refractivity contribution in [2.45, 2.75) is 0 Å². The number of hydrogen-bond acceptors (Lipinski definition) is 5. The summed E-state index contributed by atoms with van der Waals surface area (Å²) < 4.78 is 10.9. The van der Waals surface area contributed by atoms with E-state index in [9.17, 15) is 9.59 Å². The molecule has 0 radical (unpaired) electrons. The number of carbonyl (C=O) groups is 2. The van der Waals surface area contributed by atoms with E-state index >= 15 is 0 Å². The molecule has 0 spiro atoms. The molecule has 4 rings (SSSR count). The molecule has 0 bridgehead atoms. The first-order valence-corrected chi connectivity index (χ1v) is 10.4. The number of nitrogens with one attached hydrogen (secondary N) is 1. The number of nitrogens with two attached hydrogens (primary N) is 1. The smallest absolute Gasteiger partial charge is 0.255 e. The quantitative estimate of drug-likeness (QED) is 0.416. The van der Waals surface area contributed by atoms with Gasteiger partial charge < -0.3 is 20.5 Å². The molecule has 1 aromatic heterocycles. The monoisotopic (exact) mass is 461 g/mol. The molecular formula is C25H20ClN3O4. The third-order valence-corrected chi connectivity index (χ3v) is 5.14. The van der Waals surface area contributed by atoms with E-state index in [1.165, 1.54) is 0 Å². The third kappa shape index (κ3) is 5.22. The van der Waals surface area contributed by atoms with Crippen molar-refractivity contribution in [3.8, 4) is 22.8 Å². The third-order valence-electron chi connectivity index (χ3n) is 4.89. The molecule has 166 valence electrons. The molecule has 0 saturated heterocycles. The summed E-state index contributed by atoms with van der Waals surface area (Å²) in [6.07, 6.45) is 0. The predicted octanol–water partition coefficient (Wildman–Crippen LogP) is 4.68. The minimum Gasteiger partial charge on any atom is -0.497 e. The molecule has 0 unspecified atom stereocenters. The summed E-state index contributed by atoms with van der Waals surface area (Å²) in [6, 6.07) is 21.0. The van der Waals surface area contributed by atoms with E-state index in [0.29, 0.717) is 38.6 Å². The standard InChI is InChI=1S/C25H20ClN3O4/c1-32-19-9-4-15(5-10-19)22-13-23(33-14-24(27)30)20-12-18(8-11-21(20)29-22)28-25(31)16-2-6-17(26)7-3-16/h2-13H,14H2,1H3,(H2,27,30)(H,28,31). The summed E-state index contributed by atoms with van der Waals surface area (Å²) in [7, 11) is 1.60. The number of ether oxygens (including phenoxy) is 2. The molecule has 4 aromatic rings. The minimum absolute atomic E-state index is 0.284. The maximum Gasteiger partial charge on any atom is 0.255 e. The molecule has 7 nitrogen and oxygen atoms in total. The molecule has 3 N–H and O–H groups in total. The second kappa shape index (κ2) is 9.58. The van der Waals surface area contributed by atoms with E-state index in [0.717, 1.165) is 11.3 Å². The number of methoxy groups -OCH3 is 1. The number of rotatable bonds is 7. The second-order valence-electron chi connectivity index (χ2n) is 7.18. The van der Waals surface area contributed by atoms with E-state index in [1.54, 1.807) is 55.6 Å². The fourth-order valence-corrected chi connectivity index (χ4v) is 3.38. The van der Waals surface area contributed by atoms with E-state index in [2.05, 4.69) is 5.32 Å². The summed E-state index contributed by atoms with van der Waals surface area (Å²) in [5.41, 5.74) is 8.43. The zero-order chi connectivity index (χ0) is 23.4. The number of benzene rings is 3. The molecule has 0 fully saturated rings. The van der Waals surface area contributed by atoms with Gasteiger partial charge in [0.1, 0.15) is 11.5 Å². The molecule has 2 amide bonds. The average molecular weight is 462 g/mol. The molecule has 0 atom stereocenters. The Morgan fingerprint density at radius 3 is 2.39 bits per heavy atom. The largest absolute Gasteiger partial charge is 0.497 e. The molecule has 0 aliphatic rings. The Morgan fingerprint density at radius 1 is 1.00 bits per heavy atom. The highest BCUT2D eigenvalue weighted by molar-refractivity contribution is 6.30.